The van der Waals surface area contributed by atoms with E-state index < -0.39 is 0 Å². The van der Waals surface area contributed by atoms with E-state index in [1.807, 2.05) is 18.2 Å². The van der Waals surface area contributed by atoms with Crippen molar-refractivity contribution in [2.75, 3.05) is 11.1 Å². The highest BCUT2D eigenvalue weighted by atomic mass is 19.1. The van der Waals surface area contributed by atoms with Gasteiger partial charge in [0, 0.05) is 5.69 Å². The summed E-state index contributed by atoms with van der Waals surface area (Å²) in [5.74, 6) is 0.0885. The van der Waals surface area contributed by atoms with Crippen molar-refractivity contribution in [2.45, 2.75) is 19.8 Å². The molecule has 0 radical (unpaired) electrons. The maximum Gasteiger partial charge on any atom is 0.125 e. The fourth-order valence-corrected chi connectivity index (χ4v) is 1.91. The van der Waals surface area contributed by atoms with Crippen molar-refractivity contribution in [2.24, 2.45) is 0 Å². The molecule has 0 aliphatic heterocycles. The maximum atomic E-state index is 13.0. The van der Waals surface area contributed by atoms with Crippen LogP contribution in [0.4, 0.5) is 21.5 Å². The fourth-order valence-electron chi connectivity index (χ4n) is 1.91. The van der Waals surface area contributed by atoms with Crippen LogP contribution in [0.5, 0.6) is 0 Å². The summed E-state index contributed by atoms with van der Waals surface area (Å²) in [7, 11) is 0. The molecule has 0 aromatic heterocycles. The van der Waals surface area contributed by atoms with Crippen molar-refractivity contribution in [1.82, 2.24) is 0 Å². The van der Waals surface area contributed by atoms with Gasteiger partial charge < -0.3 is 11.1 Å². The van der Waals surface area contributed by atoms with Crippen LogP contribution >= 0.6 is 0 Å². The molecule has 2 nitrogen and oxygen atoms in total. The molecule has 2 aromatic rings. The SMILES string of the molecule is CC(C)c1ccccc1Nc1ccc(F)cc1N. The Balaban J connectivity index is 2.34. The first-order valence-corrected chi connectivity index (χ1v) is 5.99. The van der Waals surface area contributed by atoms with Crippen LogP contribution in [-0.4, -0.2) is 0 Å². The molecule has 2 rings (SSSR count). The minimum absolute atomic E-state index is 0.324. The number of benzene rings is 2. The van der Waals surface area contributed by atoms with Crippen LogP contribution in [0.15, 0.2) is 42.5 Å². The third kappa shape index (κ3) is 2.62. The zero-order valence-electron chi connectivity index (χ0n) is 10.6. The first-order chi connectivity index (χ1) is 8.58. The van der Waals surface area contributed by atoms with Crippen molar-refractivity contribution >= 4 is 17.1 Å². The first kappa shape index (κ1) is 12.4. The van der Waals surface area contributed by atoms with E-state index in [1.165, 1.54) is 17.7 Å². The lowest BCUT2D eigenvalue weighted by Crippen LogP contribution is -2.00. The lowest BCUT2D eigenvalue weighted by molar-refractivity contribution is 0.628. The van der Waals surface area contributed by atoms with Gasteiger partial charge in [-0.2, -0.15) is 0 Å². The molecule has 0 amide bonds. The molecular formula is C15H17FN2. The van der Waals surface area contributed by atoms with Crippen molar-refractivity contribution in [3.8, 4) is 0 Å². The van der Waals surface area contributed by atoms with Crippen molar-refractivity contribution in [1.29, 1.82) is 0 Å². The Morgan fingerprint density at radius 1 is 1.06 bits per heavy atom. The molecule has 0 unspecified atom stereocenters. The third-order valence-corrected chi connectivity index (χ3v) is 2.87. The van der Waals surface area contributed by atoms with E-state index in [4.69, 9.17) is 5.73 Å². The highest BCUT2D eigenvalue weighted by molar-refractivity contribution is 5.74. The van der Waals surface area contributed by atoms with Crippen LogP contribution < -0.4 is 11.1 Å². The lowest BCUT2D eigenvalue weighted by atomic mass is 10.0. The van der Waals surface area contributed by atoms with Gasteiger partial charge in [-0.3, -0.25) is 0 Å². The summed E-state index contributed by atoms with van der Waals surface area (Å²) in [5.41, 5.74) is 9.14. The monoisotopic (exact) mass is 244 g/mol. The van der Waals surface area contributed by atoms with Gasteiger partial charge in [0.25, 0.3) is 0 Å². The minimum atomic E-state index is -0.324. The highest BCUT2D eigenvalue weighted by Crippen LogP contribution is 2.29. The van der Waals surface area contributed by atoms with E-state index in [2.05, 4.69) is 25.2 Å². The van der Waals surface area contributed by atoms with Crippen LogP contribution in [0.2, 0.25) is 0 Å². The Bertz CT molecular complexity index is 550. The van der Waals surface area contributed by atoms with Crippen molar-refractivity contribution in [3.63, 3.8) is 0 Å². The Kier molecular flexibility index (Phi) is 3.51. The number of halogens is 1. The minimum Gasteiger partial charge on any atom is -0.397 e. The average molecular weight is 244 g/mol. The summed E-state index contributed by atoms with van der Waals surface area (Å²) in [5, 5.41) is 3.26. The van der Waals surface area contributed by atoms with E-state index in [0.717, 1.165) is 11.4 Å². The molecule has 0 aliphatic carbocycles. The summed E-state index contributed by atoms with van der Waals surface area (Å²) < 4.78 is 13.0. The van der Waals surface area contributed by atoms with Gasteiger partial charge in [-0.1, -0.05) is 32.0 Å². The number of anilines is 3. The molecule has 0 saturated carbocycles. The van der Waals surface area contributed by atoms with Crippen LogP contribution in [0.1, 0.15) is 25.3 Å². The standard InChI is InChI=1S/C15H17FN2/c1-10(2)12-5-3-4-6-14(12)18-15-8-7-11(16)9-13(15)17/h3-10,18H,17H2,1-2H3. The van der Waals surface area contributed by atoms with E-state index in [1.54, 1.807) is 6.07 Å². The molecule has 94 valence electrons. The Morgan fingerprint density at radius 2 is 1.78 bits per heavy atom. The van der Waals surface area contributed by atoms with Gasteiger partial charge in [0.05, 0.1) is 11.4 Å². The molecule has 0 atom stereocenters. The maximum absolute atomic E-state index is 13.0. The molecule has 2 aromatic carbocycles. The van der Waals surface area contributed by atoms with Gasteiger partial charge in [0.1, 0.15) is 5.82 Å². The lowest BCUT2D eigenvalue weighted by Gasteiger charge is -2.15. The molecule has 0 aliphatic rings. The molecule has 0 saturated heterocycles. The quantitative estimate of drug-likeness (QED) is 0.791. The second-order valence-electron chi connectivity index (χ2n) is 4.60. The Morgan fingerprint density at radius 3 is 2.44 bits per heavy atom. The van der Waals surface area contributed by atoms with E-state index in [-0.39, 0.29) is 5.82 Å². The predicted molar refractivity (Wildman–Crippen MR) is 74.6 cm³/mol. The highest BCUT2D eigenvalue weighted by Gasteiger charge is 2.07. The number of rotatable bonds is 3. The van der Waals surface area contributed by atoms with Gasteiger partial charge in [0.15, 0.2) is 0 Å². The van der Waals surface area contributed by atoms with Gasteiger partial charge in [-0.25, -0.2) is 4.39 Å². The zero-order valence-corrected chi connectivity index (χ0v) is 10.6. The summed E-state index contributed by atoms with van der Waals surface area (Å²) >= 11 is 0. The van der Waals surface area contributed by atoms with E-state index in [9.17, 15) is 4.39 Å². The zero-order chi connectivity index (χ0) is 13.1. The molecule has 0 bridgehead atoms. The second kappa shape index (κ2) is 5.08. The number of hydrogen-bond donors (Lipinski definition) is 2. The molecule has 3 heteroatoms. The van der Waals surface area contributed by atoms with Gasteiger partial charge in [0.2, 0.25) is 0 Å². The van der Waals surface area contributed by atoms with Crippen molar-refractivity contribution in [3.05, 3.63) is 53.8 Å². The van der Waals surface area contributed by atoms with Crippen molar-refractivity contribution < 1.29 is 4.39 Å². The van der Waals surface area contributed by atoms with E-state index >= 15 is 0 Å². The number of hydrogen-bond acceptors (Lipinski definition) is 2. The van der Waals surface area contributed by atoms with Crippen LogP contribution in [0, 0.1) is 5.82 Å². The topological polar surface area (TPSA) is 38.0 Å². The molecule has 18 heavy (non-hydrogen) atoms. The van der Waals surface area contributed by atoms with Gasteiger partial charge in [-0.05, 0) is 35.7 Å². The summed E-state index contributed by atoms with van der Waals surface area (Å²) in [4.78, 5) is 0. The molecule has 0 fully saturated rings. The number of nitrogen functional groups attached to an aromatic ring is 1. The molecule has 3 N–H and O–H groups in total. The largest absolute Gasteiger partial charge is 0.397 e. The first-order valence-electron chi connectivity index (χ1n) is 5.99. The number of nitrogens with two attached hydrogens (primary N) is 1. The number of para-hydroxylation sites is 1. The third-order valence-electron chi connectivity index (χ3n) is 2.87. The molecule has 0 heterocycles. The second-order valence-corrected chi connectivity index (χ2v) is 4.60. The van der Waals surface area contributed by atoms with Crippen LogP contribution in [0.3, 0.4) is 0 Å². The van der Waals surface area contributed by atoms with E-state index in [0.29, 0.717) is 11.6 Å². The Hall–Kier alpha value is -2.03. The molecule has 0 spiro atoms. The number of nitrogens with one attached hydrogen (secondary N) is 1. The van der Waals surface area contributed by atoms with Crippen LogP contribution in [0.25, 0.3) is 0 Å². The fraction of sp³-hybridized carbons (Fsp3) is 0.200. The summed E-state index contributed by atoms with van der Waals surface area (Å²) in [6.07, 6.45) is 0. The smallest absolute Gasteiger partial charge is 0.125 e. The summed E-state index contributed by atoms with van der Waals surface area (Å²) in [6, 6.07) is 12.4. The van der Waals surface area contributed by atoms with Gasteiger partial charge >= 0.3 is 0 Å². The predicted octanol–water partition coefficient (Wildman–Crippen LogP) is 4.27. The molecular weight excluding hydrogens is 227 g/mol. The normalized spacial score (nSPS) is 10.7. The van der Waals surface area contributed by atoms with Crippen LogP contribution in [-0.2, 0) is 0 Å². The average Bonchev–Trinajstić information content (AvgIpc) is 2.33. The van der Waals surface area contributed by atoms with Gasteiger partial charge in [-0.15, -0.1) is 0 Å². The Labute approximate surface area is 107 Å². The summed E-state index contributed by atoms with van der Waals surface area (Å²) in [6.45, 7) is 4.27.